The number of nitrogens with zero attached hydrogens (tertiary/aromatic N) is 1. The van der Waals surface area contributed by atoms with Gasteiger partial charge in [0.1, 0.15) is 11.2 Å². The summed E-state index contributed by atoms with van der Waals surface area (Å²) < 4.78 is 40.5. The van der Waals surface area contributed by atoms with Crippen LogP contribution in [0.4, 0.5) is 14.5 Å². The van der Waals surface area contributed by atoms with Gasteiger partial charge in [-0.15, -0.1) is 0 Å². The second-order valence-electron chi connectivity index (χ2n) is 14.1. The predicted molar refractivity (Wildman–Crippen MR) is 204 cm³/mol. The van der Waals surface area contributed by atoms with Crippen LogP contribution in [0.1, 0.15) is 72.9 Å². The third kappa shape index (κ3) is 8.91. The standard InChI is InChI=1S/C43H36Cl2F2N2O6/c44-30-8-1-6-27(22-30)16-20-42(52)18-4-10-32(25-42)48-39(50)41-54-37-13-3-12-36(38(37)55-41)49(40(51)29-14-15-34(46)35(47)24-29)33-11-5-19-43(53,26-33)21-17-28-7-2-9-31(45)23-28/h1-3,6-9,12-15,22-24,32-33,41,52-53H,4-5,10-11,18-19,25-26H2,(H,48,50)/t32-,33-,41?,42+,43+/m1/s1. The largest absolute Gasteiger partial charge is 0.442 e. The van der Waals surface area contributed by atoms with E-state index < -0.39 is 53.0 Å². The van der Waals surface area contributed by atoms with Crippen molar-refractivity contribution < 1.29 is 38.1 Å². The van der Waals surface area contributed by atoms with Crippen LogP contribution in [0.3, 0.4) is 0 Å². The maximum atomic E-state index is 14.5. The van der Waals surface area contributed by atoms with Crippen molar-refractivity contribution in [2.24, 2.45) is 0 Å². The van der Waals surface area contributed by atoms with Gasteiger partial charge in [0.2, 0.25) is 0 Å². The number of hydrogen-bond acceptors (Lipinski definition) is 6. The number of halogens is 4. The SMILES string of the molecule is O=C(N[C@@H]1CCC[C@](O)(C#Cc2cccc(Cl)c2)C1)C1Oc2cccc(N(C(=O)c3ccc(F)c(F)c3)[C@@H]3CCC[C@](O)(C#Cc4cccc(Cl)c4)C3)c2O1. The molecule has 1 unspecified atom stereocenters. The van der Waals surface area contributed by atoms with Gasteiger partial charge in [-0.05, 0) is 105 Å². The first-order chi connectivity index (χ1) is 26.4. The van der Waals surface area contributed by atoms with Crippen molar-refractivity contribution in [1.82, 2.24) is 5.32 Å². The smallest absolute Gasteiger partial charge is 0.321 e. The Balaban J connectivity index is 1.13. The first-order valence-corrected chi connectivity index (χ1v) is 18.7. The zero-order valence-electron chi connectivity index (χ0n) is 29.5. The summed E-state index contributed by atoms with van der Waals surface area (Å²) in [6.07, 6.45) is 1.67. The second kappa shape index (κ2) is 15.9. The number of para-hydroxylation sites is 1. The first kappa shape index (κ1) is 38.2. The normalized spacial score (nSPS) is 24.1. The number of nitrogens with one attached hydrogen (secondary N) is 1. The lowest BCUT2D eigenvalue weighted by Crippen LogP contribution is -2.50. The molecule has 7 rings (SSSR count). The van der Waals surface area contributed by atoms with Crippen LogP contribution in [0.5, 0.6) is 11.5 Å². The van der Waals surface area contributed by atoms with Crippen LogP contribution >= 0.6 is 23.2 Å². The first-order valence-electron chi connectivity index (χ1n) is 17.9. The molecule has 5 atom stereocenters. The van der Waals surface area contributed by atoms with Crippen molar-refractivity contribution in [3.8, 4) is 35.2 Å². The summed E-state index contributed by atoms with van der Waals surface area (Å²) in [4.78, 5) is 29.3. The Morgan fingerprint density at radius 2 is 1.42 bits per heavy atom. The summed E-state index contributed by atoms with van der Waals surface area (Å²) >= 11 is 12.2. The molecule has 12 heteroatoms. The second-order valence-corrected chi connectivity index (χ2v) is 15.0. The molecule has 282 valence electrons. The molecule has 2 saturated carbocycles. The summed E-state index contributed by atoms with van der Waals surface area (Å²) in [5.41, 5.74) is -1.50. The van der Waals surface area contributed by atoms with Gasteiger partial charge in [-0.2, -0.15) is 0 Å². The highest BCUT2D eigenvalue weighted by molar-refractivity contribution is 6.31. The number of anilines is 1. The topological polar surface area (TPSA) is 108 Å². The number of ether oxygens (including phenoxy) is 2. The van der Waals surface area contributed by atoms with E-state index in [9.17, 15) is 28.6 Å². The average molecular weight is 786 g/mol. The maximum absolute atomic E-state index is 14.5. The van der Waals surface area contributed by atoms with Crippen molar-refractivity contribution >= 4 is 40.7 Å². The number of fused-ring (bicyclic) bond motifs is 1. The van der Waals surface area contributed by atoms with E-state index in [1.807, 2.05) is 0 Å². The van der Waals surface area contributed by atoms with Crippen molar-refractivity contribution in [3.05, 3.63) is 123 Å². The number of benzene rings is 4. The van der Waals surface area contributed by atoms with Crippen molar-refractivity contribution in [1.29, 1.82) is 0 Å². The molecule has 3 N–H and O–H groups in total. The van der Waals surface area contributed by atoms with Gasteiger partial charge in [0, 0.05) is 51.7 Å². The summed E-state index contributed by atoms with van der Waals surface area (Å²) in [6.45, 7) is 0. The fourth-order valence-corrected chi connectivity index (χ4v) is 7.71. The molecule has 8 nitrogen and oxygen atoms in total. The minimum atomic E-state index is -1.50. The minimum absolute atomic E-state index is 0.0230. The molecule has 1 heterocycles. The van der Waals surface area contributed by atoms with E-state index in [0.717, 1.165) is 12.1 Å². The average Bonchev–Trinajstić information content (AvgIpc) is 3.61. The molecule has 1 aliphatic heterocycles. The summed E-state index contributed by atoms with van der Waals surface area (Å²) in [5.74, 6) is 8.58. The van der Waals surface area contributed by atoms with Gasteiger partial charge >= 0.3 is 12.2 Å². The van der Waals surface area contributed by atoms with Gasteiger partial charge in [0.05, 0.1) is 5.69 Å². The Morgan fingerprint density at radius 1 is 0.782 bits per heavy atom. The van der Waals surface area contributed by atoms with Crippen molar-refractivity contribution in [3.63, 3.8) is 0 Å². The van der Waals surface area contributed by atoms with Gasteiger partial charge in [-0.1, -0.05) is 65.1 Å². The van der Waals surface area contributed by atoms with Crippen molar-refractivity contribution in [2.75, 3.05) is 4.90 Å². The summed E-state index contributed by atoms with van der Waals surface area (Å²) in [6, 6.07) is 20.5. The molecule has 2 aliphatic carbocycles. The zero-order valence-corrected chi connectivity index (χ0v) is 31.0. The highest BCUT2D eigenvalue weighted by atomic mass is 35.5. The van der Waals surface area contributed by atoms with Gasteiger partial charge in [0.25, 0.3) is 5.91 Å². The summed E-state index contributed by atoms with van der Waals surface area (Å²) in [5, 5.41) is 27.0. The number of carbonyl (C=O) groups is 2. The van der Waals surface area contributed by atoms with Crippen molar-refractivity contribution in [2.45, 2.75) is 80.9 Å². The van der Waals surface area contributed by atoms with E-state index in [4.69, 9.17) is 32.7 Å². The quantitative estimate of drug-likeness (QED) is 0.180. The Morgan fingerprint density at radius 3 is 2.07 bits per heavy atom. The molecule has 2 fully saturated rings. The number of aliphatic hydroxyl groups is 2. The Bertz CT molecular complexity index is 2270. The fraction of sp³-hybridized carbons (Fsp3) is 0.302. The monoisotopic (exact) mass is 784 g/mol. The van der Waals surface area contributed by atoms with Crippen LogP contribution in [0.15, 0.2) is 84.9 Å². The maximum Gasteiger partial charge on any atom is 0.321 e. The molecule has 4 aromatic rings. The lowest BCUT2D eigenvalue weighted by atomic mass is 9.81. The van der Waals surface area contributed by atoms with Gasteiger partial charge in [-0.3, -0.25) is 9.59 Å². The molecule has 55 heavy (non-hydrogen) atoms. The lowest BCUT2D eigenvalue weighted by molar-refractivity contribution is -0.138. The molecule has 0 saturated heterocycles. The van der Waals surface area contributed by atoms with E-state index in [1.54, 1.807) is 66.7 Å². The Hall–Kier alpha value is -5.10. The fourth-order valence-electron chi connectivity index (χ4n) is 7.32. The van der Waals surface area contributed by atoms with Crippen LogP contribution in [-0.4, -0.2) is 51.6 Å². The van der Waals surface area contributed by atoms with Gasteiger partial charge in [0.15, 0.2) is 23.1 Å². The molecular weight excluding hydrogens is 749 g/mol. The number of carbonyl (C=O) groups excluding carboxylic acids is 2. The molecule has 0 bridgehead atoms. The van der Waals surface area contributed by atoms with Crippen LogP contribution in [0.2, 0.25) is 10.0 Å². The number of hydrogen-bond donors (Lipinski definition) is 3. The van der Waals surface area contributed by atoms with E-state index in [-0.39, 0.29) is 35.6 Å². The highest BCUT2D eigenvalue weighted by Gasteiger charge is 2.42. The molecule has 0 radical (unpaired) electrons. The Labute approximate surface area is 327 Å². The molecule has 2 amide bonds. The van der Waals surface area contributed by atoms with E-state index in [2.05, 4.69) is 29.0 Å². The van der Waals surface area contributed by atoms with Gasteiger partial charge < -0.3 is 29.9 Å². The highest BCUT2D eigenvalue weighted by Crippen LogP contribution is 2.46. The minimum Gasteiger partial charge on any atom is -0.442 e. The number of rotatable bonds is 5. The summed E-state index contributed by atoms with van der Waals surface area (Å²) in [7, 11) is 0. The van der Waals surface area contributed by atoms with E-state index in [1.165, 1.54) is 11.0 Å². The van der Waals surface area contributed by atoms with Crippen LogP contribution in [-0.2, 0) is 4.79 Å². The van der Waals surface area contributed by atoms with E-state index >= 15 is 0 Å². The lowest BCUT2D eigenvalue weighted by Gasteiger charge is -2.40. The Kier molecular flexibility index (Phi) is 11.1. The van der Waals surface area contributed by atoms with Crippen LogP contribution < -0.4 is 19.7 Å². The molecule has 4 aromatic carbocycles. The molecule has 3 aliphatic rings. The third-order valence-corrected chi connectivity index (χ3v) is 10.4. The number of amides is 2. The third-order valence-electron chi connectivity index (χ3n) is 9.94. The van der Waals surface area contributed by atoms with E-state index in [0.29, 0.717) is 59.7 Å². The predicted octanol–water partition coefficient (Wildman–Crippen LogP) is 7.58. The molecular formula is C43H36Cl2F2N2O6. The van der Waals surface area contributed by atoms with Gasteiger partial charge in [-0.25, -0.2) is 8.78 Å². The molecule has 0 aromatic heterocycles. The van der Waals surface area contributed by atoms with Crippen LogP contribution in [0, 0.1) is 35.3 Å². The molecule has 0 spiro atoms. The zero-order chi connectivity index (χ0) is 38.7. The van der Waals surface area contributed by atoms with Crippen LogP contribution in [0.25, 0.3) is 0 Å².